The summed E-state index contributed by atoms with van der Waals surface area (Å²) >= 11 is 3.84. The summed E-state index contributed by atoms with van der Waals surface area (Å²) in [6, 6.07) is 12.1. The van der Waals surface area contributed by atoms with Crippen molar-refractivity contribution < 1.29 is 23.0 Å². The van der Waals surface area contributed by atoms with E-state index < -0.39 is 6.61 Å². The highest BCUT2D eigenvalue weighted by molar-refractivity contribution is 8.16. The number of carbonyl (C=O) groups is 1. The van der Waals surface area contributed by atoms with Crippen molar-refractivity contribution in [1.82, 2.24) is 5.32 Å². The molecular formula is C20H22F2N2O3S2. The number of benzene rings is 2. The molecule has 1 aliphatic rings. The van der Waals surface area contributed by atoms with Crippen LogP contribution in [0.3, 0.4) is 0 Å². The molecule has 1 saturated heterocycles. The summed E-state index contributed by atoms with van der Waals surface area (Å²) in [6.07, 6.45) is 1.22. The molecule has 29 heavy (non-hydrogen) atoms. The lowest BCUT2D eigenvalue weighted by molar-refractivity contribution is -0.0512. The van der Waals surface area contributed by atoms with Crippen molar-refractivity contribution in [2.24, 2.45) is 0 Å². The van der Waals surface area contributed by atoms with E-state index in [0.29, 0.717) is 15.8 Å². The summed E-state index contributed by atoms with van der Waals surface area (Å²) in [5.41, 5.74) is 2.50. The maximum Gasteiger partial charge on any atom is 0.387 e. The van der Waals surface area contributed by atoms with Gasteiger partial charge in [0.15, 0.2) is 11.5 Å². The highest BCUT2D eigenvalue weighted by atomic mass is 32.2. The fourth-order valence-electron chi connectivity index (χ4n) is 2.82. The number of carbonyl (C=O) groups excluding carboxylic acids is 1. The molecular weight excluding hydrogens is 418 g/mol. The molecule has 0 unspecified atom stereocenters. The molecule has 2 N–H and O–H groups in total. The number of thioether (sulfide) groups is 2. The predicted octanol–water partition coefficient (Wildman–Crippen LogP) is 5.49. The van der Waals surface area contributed by atoms with Crippen molar-refractivity contribution >= 4 is 35.2 Å². The van der Waals surface area contributed by atoms with Crippen LogP contribution in [0.5, 0.6) is 11.5 Å². The first-order valence-electron chi connectivity index (χ1n) is 9.05. The Bertz CT molecular complexity index is 833. The van der Waals surface area contributed by atoms with Crippen LogP contribution in [-0.4, -0.2) is 31.3 Å². The lowest BCUT2D eigenvalue weighted by atomic mass is 10.2. The lowest BCUT2D eigenvalue weighted by Crippen LogP contribution is -2.28. The summed E-state index contributed by atoms with van der Waals surface area (Å²) in [5, 5.41) is 5.54. The average molecular weight is 441 g/mol. The summed E-state index contributed by atoms with van der Waals surface area (Å²) in [7, 11) is 1.37. The van der Waals surface area contributed by atoms with E-state index in [1.807, 2.05) is 41.7 Å². The minimum absolute atomic E-state index is 0.0719. The first-order chi connectivity index (χ1) is 14.0. The Morgan fingerprint density at radius 3 is 2.69 bits per heavy atom. The zero-order valence-electron chi connectivity index (χ0n) is 15.8. The van der Waals surface area contributed by atoms with Crippen LogP contribution in [0.4, 0.5) is 19.3 Å². The molecule has 0 atom stereocenters. The molecule has 0 aromatic heterocycles. The van der Waals surface area contributed by atoms with E-state index in [1.54, 1.807) is 6.07 Å². The number of alkyl halides is 2. The van der Waals surface area contributed by atoms with E-state index in [0.717, 1.165) is 11.5 Å². The Hall–Kier alpha value is -2.13. The van der Waals surface area contributed by atoms with Crippen LogP contribution < -0.4 is 20.1 Å². The molecule has 156 valence electrons. The summed E-state index contributed by atoms with van der Waals surface area (Å²) in [6.45, 7) is -2.80. The van der Waals surface area contributed by atoms with Gasteiger partial charge in [-0.2, -0.15) is 8.78 Å². The second-order valence-corrected chi connectivity index (χ2v) is 8.95. The quantitative estimate of drug-likeness (QED) is 0.596. The van der Waals surface area contributed by atoms with Crippen molar-refractivity contribution in [1.29, 1.82) is 0 Å². The highest BCUT2D eigenvalue weighted by Gasteiger charge is 2.17. The number of methoxy groups -OCH3 is 1. The van der Waals surface area contributed by atoms with Gasteiger partial charge in [-0.25, -0.2) is 4.79 Å². The highest BCUT2D eigenvalue weighted by Crippen LogP contribution is 2.44. The minimum Gasteiger partial charge on any atom is -0.493 e. The number of hydrogen-bond donors (Lipinski definition) is 2. The number of ether oxygens (including phenoxy) is 2. The number of urea groups is 1. The van der Waals surface area contributed by atoms with Crippen molar-refractivity contribution in [2.45, 2.75) is 24.2 Å². The van der Waals surface area contributed by atoms with Gasteiger partial charge in [-0.15, -0.1) is 23.5 Å². The molecule has 9 heteroatoms. The molecule has 2 amide bonds. The van der Waals surface area contributed by atoms with Gasteiger partial charge in [0.2, 0.25) is 0 Å². The molecule has 0 radical (unpaired) electrons. The molecule has 0 bridgehead atoms. The van der Waals surface area contributed by atoms with Crippen molar-refractivity contribution in [3.63, 3.8) is 0 Å². The first kappa shape index (κ1) is 21.6. The first-order valence-corrected chi connectivity index (χ1v) is 11.1. The van der Waals surface area contributed by atoms with Crippen LogP contribution in [0.25, 0.3) is 0 Å². The van der Waals surface area contributed by atoms with Crippen LogP contribution >= 0.6 is 23.5 Å². The standard InChI is InChI=1S/C20H22F2N2O3S2/c1-26-16-7-6-13(10-17(16)27-19(21)22)12-23-20(25)24-15-5-2-4-14(11-15)18-28-8-3-9-29-18/h2,4-7,10-11,18-19H,3,8-9,12H2,1H3,(H2,23,24,25). The number of rotatable bonds is 7. The zero-order chi connectivity index (χ0) is 20.6. The maximum absolute atomic E-state index is 12.5. The zero-order valence-corrected chi connectivity index (χ0v) is 17.5. The smallest absolute Gasteiger partial charge is 0.387 e. The second-order valence-electron chi connectivity index (χ2n) is 6.22. The molecule has 3 rings (SSSR count). The normalized spacial score (nSPS) is 14.5. The summed E-state index contributed by atoms with van der Waals surface area (Å²) in [4.78, 5) is 12.3. The van der Waals surface area contributed by atoms with Gasteiger partial charge < -0.3 is 20.1 Å². The number of amides is 2. The van der Waals surface area contributed by atoms with Crippen molar-refractivity contribution in [2.75, 3.05) is 23.9 Å². The van der Waals surface area contributed by atoms with Crippen LogP contribution in [-0.2, 0) is 6.54 Å². The van der Waals surface area contributed by atoms with E-state index in [-0.39, 0.29) is 24.1 Å². The molecule has 0 saturated carbocycles. The number of halogens is 2. The van der Waals surface area contributed by atoms with Crippen molar-refractivity contribution in [3.05, 3.63) is 53.6 Å². The summed E-state index contributed by atoms with van der Waals surface area (Å²) < 4.78 is 34.9. The van der Waals surface area contributed by atoms with Gasteiger partial charge in [0, 0.05) is 12.2 Å². The third kappa shape index (κ3) is 6.43. The van der Waals surface area contributed by atoms with Gasteiger partial charge in [-0.3, -0.25) is 0 Å². The predicted molar refractivity (Wildman–Crippen MR) is 114 cm³/mol. The third-order valence-electron chi connectivity index (χ3n) is 4.14. The Balaban J connectivity index is 1.57. The van der Waals surface area contributed by atoms with Gasteiger partial charge in [0.05, 0.1) is 11.7 Å². The Morgan fingerprint density at radius 1 is 1.17 bits per heavy atom. The fourth-order valence-corrected chi connectivity index (χ4v) is 5.69. The maximum atomic E-state index is 12.5. The molecule has 0 spiro atoms. The SMILES string of the molecule is COc1ccc(CNC(=O)Nc2cccc(C3SCCCS3)c2)cc1OC(F)F. The van der Waals surface area contributed by atoms with E-state index in [9.17, 15) is 13.6 Å². The monoisotopic (exact) mass is 440 g/mol. The van der Waals surface area contributed by atoms with E-state index in [1.165, 1.54) is 31.2 Å². The molecule has 2 aromatic carbocycles. The van der Waals surface area contributed by atoms with Crippen LogP contribution in [0.1, 0.15) is 22.1 Å². The molecule has 1 heterocycles. The largest absolute Gasteiger partial charge is 0.493 e. The van der Waals surface area contributed by atoms with Crippen molar-refractivity contribution in [3.8, 4) is 11.5 Å². The van der Waals surface area contributed by atoms with Gasteiger partial charge in [-0.05, 0) is 53.3 Å². The molecule has 0 aliphatic carbocycles. The van der Waals surface area contributed by atoms with Crippen LogP contribution in [0.2, 0.25) is 0 Å². The van der Waals surface area contributed by atoms with Crippen LogP contribution in [0, 0.1) is 0 Å². The molecule has 5 nitrogen and oxygen atoms in total. The number of hydrogen-bond acceptors (Lipinski definition) is 5. The number of anilines is 1. The molecule has 2 aromatic rings. The minimum atomic E-state index is -2.96. The lowest BCUT2D eigenvalue weighted by Gasteiger charge is -2.21. The Labute approximate surface area is 176 Å². The molecule has 1 aliphatic heterocycles. The molecule has 1 fully saturated rings. The van der Waals surface area contributed by atoms with Gasteiger partial charge >= 0.3 is 12.6 Å². The topological polar surface area (TPSA) is 59.6 Å². The number of nitrogens with one attached hydrogen (secondary N) is 2. The summed E-state index contributed by atoms with van der Waals surface area (Å²) in [5.74, 6) is 2.43. The Kier molecular flexibility index (Phi) is 7.88. The van der Waals surface area contributed by atoms with Gasteiger partial charge in [0.25, 0.3) is 0 Å². The van der Waals surface area contributed by atoms with Crippen LogP contribution in [0.15, 0.2) is 42.5 Å². The Morgan fingerprint density at radius 2 is 1.97 bits per heavy atom. The van der Waals surface area contributed by atoms with E-state index in [4.69, 9.17) is 4.74 Å². The second kappa shape index (κ2) is 10.6. The average Bonchev–Trinajstić information content (AvgIpc) is 2.73. The fraction of sp³-hybridized carbons (Fsp3) is 0.350. The van der Waals surface area contributed by atoms with Gasteiger partial charge in [0.1, 0.15) is 0 Å². The van der Waals surface area contributed by atoms with E-state index in [2.05, 4.69) is 21.4 Å². The van der Waals surface area contributed by atoms with Gasteiger partial charge in [-0.1, -0.05) is 18.2 Å². The third-order valence-corrected chi connectivity index (χ3v) is 7.16. The van der Waals surface area contributed by atoms with E-state index >= 15 is 0 Å².